The van der Waals surface area contributed by atoms with E-state index in [9.17, 15) is 14.0 Å². The zero-order valence-corrected chi connectivity index (χ0v) is 18.1. The van der Waals surface area contributed by atoms with E-state index in [0.29, 0.717) is 53.2 Å². The average molecular weight is 444 g/mol. The van der Waals surface area contributed by atoms with Gasteiger partial charge in [-0.1, -0.05) is 6.07 Å². The van der Waals surface area contributed by atoms with Gasteiger partial charge in [0.05, 0.1) is 28.4 Å². The van der Waals surface area contributed by atoms with Crippen LogP contribution in [0.1, 0.15) is 18.9 Å². The van der Waals surface area contributed by atoms with E-state index in [1.54, 1.807) is 24.5 Å². The molecule has 1 saturated heterocycles. The van der Waals surface area contributed by atoms with Gasteiger partial charge in [-0.25, -0.2) is 13.8 Å². The molecule has 0 bridgehead atoms. The lowest BCUT2D eigenvalue weighted by Gasteiger charge is -2.25. The summed E-state index contributed by atoms with van der Waals surface area (Å²) in [6, 6.07) is 11.2. The molecule has 1 atom stereocenters. The molecule has 33 heavy (non-hydrogen) atoms. The number of rotatable bonds is 4. The van der Waals surface area contributed by atoms with Gasteiger partial charge in [0.1, 0.15) is 17.2 Å². The van der Waals surface area contributed by atoms with Crippen LogP contribution in [0.3, 0.4) is 0 Å². The van der Waals surface area contributed by atoms with Gasteiger partial charge in [0.25, 0.3) is 0 Å². The first-order valence-corrected chi connectivity index (χ1v) is 10.8. The van der Waals surface area contributed by atoms with Crippen LogP contribution in [0.4, 0.5) is 14.5 Å². The highest BCUT2D eigenvalue weighted by Crippen LogP contribution is 2.41. The van der Waals surface area contributed by atoms with E-state index in [4.69, 9.17) is 5.73 Å². The van der Waals surface area contributed by atoms with Crippen molar-refractivity contribution < 1.29 is 8.78 Å². The van der Waals surface area contributed by atoms with E-state index >= 15 is 0 Å². The maximum atomic E-state index is 14.6. The first-order valence-electron chi connectivity index (χ1n) is 10.8. The number of nitriles is 1. The van der Waals surface area contributed by atoms with Gasteiger partial charge in [0.15, 0.2) is 5.82 Å². The van der Waals surface area contributed by atoms with E-state index in [1.165, 1.54) is 18.2 Å². The number of nitrogens with two attached hydrogens (primary N) is 1. The third-order valence-electron chi connectivity index (χ3n) is 6.08. The minimum absolute atomic E-state index is 0.00322. The summed E-state index contributed by atoms with van der Waals surface area (Å²) in [5.41, 5.74) is 10.2. The number of halogens is 2. The van der Waals surface area contributed by atoms with Gasteiger partial charge in [0, 0.05) is 43.6 Å². The van der Waals surface area contributed by atoms with Crippen LogP contribution in [-0.2, 0) is 6.54 Å². The van der Waals surface area contributed by atoms with Crippen LogP contribution in [-0.4, -0.2) is 33.7 Å². The Morgan fingerprint density at radius 3 is 2.73 bits per heavy atom. The molecule has 4 aromatic rings. The van der Waals surface area contributed by atoms with Crippen molar-refractivity contribution in [3.05, 3.63) is 66.0 Å². The molecule has 8 heteroatoms. The molecule has 166 valence electrons. The monoisotopic (exact) mass is 444 g/mol. The van der Waals surface area contributed by atoms with Crippen LogP contribution < -0.4 is 10.6 Å². The summed E-state index contributed by atoms with van der Waals surface area (Å²) in [6.07, 6.45) is 4.18. The predicted molar refractivity (Wildman–Crippen MR) is 124 cm³/mol. The fraction of sp³-hybridized carbons (Fsp3) is 0.240. The van der Waals surface area contributed by atoms with Crippen LogP contribution in [0.5, 0.6) is 0 Å². The summed E-state index contributed by atoms with van der Waals surface area (Å²) in [5.74, 6) is -0.306. The third-order valence-corrected chi connectivity index (χ3v) is 6.08. The number of hydrogen-bond acceptors (Lipinski definition) is 5. The van der Waals surface area contributed by atoms with Crippen LogP contribution in [0.2, 0.25) is 0 Å². The number of aromatic nitrogens is 3. The van der Waals surface area contributed by atoms with Gasteiger partial charge in [-0.05, 0) is 49.2 Å². The lowest BCUT2D eigenvalue weighted by molar-refractivity contribution is 0.628. The van der Waals surface area contributed by atoms with Gasteiger partial charge in [0.2, 0.25) is 0 Å². The fourth-order valence-corrected chi connectivity index (χ4v) is 4.61. The smallest absolute Gasteiger partial charge is 0.151 e. The van der Waals surface area contributed by atoms with Crippen LogP contribution in [0.25, 0.3) is 33.5 Å². The van der Waals surface area contributed by atoms with Gasteiger partial charge in [-0.15, -0.1) is 0 Å². The maximum Gasteiger partial charge on any atom is 0.151 e. The molecule has 1 fully saturated rings. The molecule has 0 radical (unpaired) electrons. The molecule has 3 heterocycles. The Kier molecular flexibility index (Phi) is 5.27. The molecule has 0 spiro atoms. The molecule has 0 aliphatic carbocycles. The second-order valence-corrected chi connectivity index (χ2v) is 8.21. The topological polar surface area (TPSA) is 83.8 Å². The highest BCUT2D eigenvalue weighted by molar-refractivity contribution is 5.92. The molecule has 1 aliphatic heterocycles. The van der Waals surface area contributed by atoms with Gasteiger partial charge < -0.3 is 15.2 Å². The van der Waals surface area contributed by atoms with Crippen LogP contribution >= 0.6 is 0 Å². The molecule has 6 nitrogen and oxygen atoms in total. The van der Waals surface area contributed by atoms with Crippen molar-refractivity contribution in [1.29, 1.82) is 5.26 Å². The second-order valence-electron chi connectivity index (χ2n) is 8.21. The van der Waals surface area contributed by atoms with Gasteiger partial charge in [-0.2, -0.15) is 5.26 Å². The zero-order valence-electron chi connectivity index (χ0n) is 18.1. The molecule has 2 aromatic heterocycles. The van der Waals surface area contributed by atoms with Crippen molar-refractivity contribution in [2.24, 2.45) is 5.73 Å². The molecule has 0 saturated carbocycles. The first-order chi connectivity index (χ1) is 16.0. The largest absolute Gasteiger partial charge is 0.369 e. The summed E-state index contributed by atoms with van der Waals surface area (Å²) in [7, 11) is 0. The van der Waals surface area contributed by atoms with Gasteiger partial charge >= 0.3 is 0 Å². The van der Waals surface area contributed by atoms with E-state index in [0.717, 1.165) is 12.1 Å². The minimum atomic E-state index is -0.499. The number of nitrogens with zero attached hydrogens (tertiary/aromatic N) is 5. The summed E-state index contributed by atoms with van der Waals surface area (Å²) >= 11 is 0. The summed E-state index contributed by atoms with van der Waals surface area (Å²) in [5, 5.41) is 9.35. The minimum Gasteiger partial charge on any atom is -0.369 e. The van der Waals surface area contributed by atoms with Crippen LogP contribution in [0.15, 0.2) is 48.8 Å². The number of anilines is 1. The maximum absolute atomic E-state index is 14.6. The highest BCUT2D eigenvalue weighted by atomic mass is 19.1. The van der Waals surface area contributed by atoms with Gasteiger partial charge in [-0.3, -0.25) is 4.98 Å². The van der Waals surface area contributed by atoms with E-state index < -0.39 is 11.6 Å². The lowest BCUT2D eigenvalue weighted by Crippen LogP contribution is -2.27. The Labute approximate surface area is 189 Å². The summed E-state index contributed by atoms with van der Waals surface area (Å²) < 4.78 is 30.8. The Hall–Kier alpha value is -3.83. The number of imidazole rings is 1. The summed E-state index contributed by atoms with van der Waals surface area (Å²) in [4.78, 5) is 11.2. The number of fused-ring (bicyclic) bond motifs is 1. The number of para-hydroxylation sites is 1. The molecule has 0 unspecified atom stereocenters. The molecular formula is C25H22F2N6. The van der Waals surface area contributed by atoms with Crippen molar-refractivity contribution in [3.8, 4) is 28.6 Å². The predicted octanol–water partition coefficient (Wildman–Crippen LogP) is 4.47. The first kappa shape index (κ1) is 21.0. The number of hydrogen-bond donors (Lipinski definition) is 1. The van der Waals surface area contributed by atoms with E-state index in [-0.39, 0.29) is 11.6 Å². The lowest BCUT2D eigenvalue weighted by atomic mass is 9.99. The fourth-order valence-electron chi connectivity index (χ4n) is 4.61. The van der Waals surface area contributed by atoms with E-state index in [2.05, 4.69) is 14.9 Å². The standard InChI is InChI=1S/C25H22F2N6/c1-2-33-22-5-3-4-21(27)23(22)31-25(33)20-13-30-12-19(24(20)32-7-6-18(29)14-32)16-8-15(11-28)9-17(26)10-16/h3-5,8-10,12-13,18H,2,6-7,14,29H2,1H3/t18-/m0/s1. The third kappa shape index (κ3) is 3.60. The van der Waals surface area contributed by atoms with E-state index in [1.807, 2.05) is 23.6 Å². The molecular weight excluding hydrogens is 422 g/mol. The molecule has 2 aromatic carbocycles. The molecule has 0 amide bonds. The Morgan fingerprint density at radius 2 is 2.00 bits per heavy atom. The van der Waals surface area contributed by atoms with Crippen molar-refractivity contribution in [2.45, 2.75) is 25.9 Å². The van der Waals surface area contributed by atoms with Crippen molar-refractivity contribution in [2.75, 3.05) is 18.0 Å². The molecule has 1 aliphatic rings. The average Bonchev–Trinajstić information content (AvgIpc) is 3.42. The Bertz CT molecular complexity index is 1400. The molecule has 2 N–H and O–H groups in total. The van der Waals surface area contributed by atoms with Crippen molar-refractivity contribution in [3.63, 3.8) is 0 Å². The number of pyridine rings is 1. The zero-order chi connectivity index (χ0) is 23.1. The van der Waals surface area contributed by atoms with Crippen molar-refractivity contribution in [1.82, 2.24) is 14.5 Å². The summed E-state index contributed by atoms with van der Waals surface area (Å²) in [6.45, 7) is 3.89. The Balaban J connectivity index is 1.81. The SMILES string of the molecule is CCn1c(-c2cncc(-c3cc(F)cc(C#N)c3)c2N2CC[C@H](N)C2)nc2c(F)cccc21. The highest BCUT2D eigenvalue weighted by Gasteiger charge is 2.28. The number of aryl methyl sites for hydroxylation is 1. The van der Waals surface area contributed by atoms with Crippen LogP contribution in [0, 0.1) is 23.0 Å². The molecule has 5 rings (SSSR count). The number of benzene rings is 2. The quantitative estimate of drug-likeness (QED) is 0.502. The second kappa shape index (κ2) is 8.26. The normalized spacial score (nSPS) is 15.8. The Morgan fingerprint density at radius 1 is 1.18 bits per heavy atom. The van der Waals surface area contributed by atoms with Crippen molar-refractivity contribution >= 4 is 16.7 Å².